The highest BCUT2D eigenvalue weighted by Gasteiger charge is 2.21. The lowest BCUT2D eigenvalue weighted by atomic mass is 10.0. The van der Waals surface area contributed by atoms with Gasteiger partial charge in [0.1, 0.15) is 19.0 Å². The first-order valence-corrected chi connectivity index (χ1v) is 13.2. The molecule has 1 atom stereocenters. The summed E-state index contributed by atoms with van der Waals surface area (Å²) >= 11 is 6.17. The second kappa shape index (κ2) is 15.1. The van der Waals surface area contributed by atoms with Crippen LogP contribution in [0.3, 0.4) is 0 Å². The van der Waals surface area contributed by atoms with Crippen LogP contribution in [0.1, 0.15) is 11.1 Å². The van der Waals surface area contributed by atoms with Crippen molar-refractivity contribution in [3.63, 3.8) is 0 Å². The van der Waals surface area contributed by atoms with Crippen LogP contribution in [0.5, 0.6) is 0 Å². The maximum atomic E-state index is 13.3. The van der Waals surface area contributed by atoms with Gasteiger partial charge in [-0.15, -0.1) is 5.10 Å². The number of carbonyl (C=O) groups excluding carboxylic acids is 3. The van der Waals surface area contributed by atoms with E-state index in [4.69, 9.17) is 21.1 Å². The fourth-order valence-electron chi connectivity index (χ4n) is 3.82. The molecule has 4 rings (SSSR count). The number of anilines is 2. The van der Waals surface area contributed by atoms with Crippen molar-refractivity contribution in [2.24, 2.45) is 0 Å². The van der Waals surface area contributed by atoms with E-state index in [0.717, 1.165) is 5.56 Å². The molecule has 0 bridgehead atoms. The molecule has 0 aliphatic rings. The number of hydrogen-bond acceptors (Lipinski definition) is 8. The van der Waals surface area contributed by atoms with Crippen molar-refractivity contribution < 1.29 is 23.9 Å². The molecular weight excluding hydrogens is 562 g/mol. The minimum Gasteiger partial charge on any atom is -0.447 e. The van der Waals surface area contributed by atoms with Crippen molar-refractivity contribution in [3.8, 4) is 5.69 Å². The Bertz CT molecular complexity index is 1510. The van der Waals surface area contributed by atoms with Crippen LogP contribution in [0, 0.1) is 0 Å². The number of carbonyl (C=O) groups is 3. The Morgan fingerprint density at radius 2 is 1.71 bits per heavy atom. The molecule has 3 amide bonds. The van der Waals surface area contributed by atoms with Crippen LogP contribution in [0.15, 0.2) is 85.2 Å². The molecular formula is C29H28ClN7O5. The second-order valence-corrected chi connectivity index (χ2v) is 9.30. The first-order chi connectivity index (χ1) is 20.4. The molecule has 0 aliphatic carbocycles. The monoisotopic (exact) mass is 589 g/mol. The summed E-state index contributed by atoms with van der Waals surface area (Å²) < 4.78 is 11.3. The minimum absolute atomic E-state index is 0.125. The van der Waals surface area contributed by atoms with E-state index in [9.17, 15) is 14.4 Å². The van der Waals surface area contributed by atoms with Crippen molar-refractivity contribution in [1.29, 1.82) is 0 Å². The van der Waals surface area contributed by atoms with Gasteiger partial charge in [-0.05, 0) is 64.5 Å². The maximum Gasteiger partial charge on any atom is 0.411 e. The van der Waals surface area contributed by atoms with Crippen molar-refractivity contribution in [1.82, 2.24) is 25.5 Å². The molecule has 0 saturated heterocycles. The van der Waals surface area contributed by atoms with E-state index >= 15 is 0 Å². The first kappa shape index (κ1) is 29.9. The van der Waals surface area contributed by atoms with Crippen LogP contribution >= 0.6 is 11.6 Å². The fourth-order valence-corrected chi connectivity index (χ4v) is 4.00. The highest BCUT2D eigenvalue weighted by Crippen LogP contribution is 2.20. The van der Waals surface area contributed by atoms with E-state index in [0.29, 0.717) is 27.6 Å². The normalized spacial score (nSPS) is 11.6. The molecule has 216 valence electrons. The Balaban J connectivity index is 1.44. The lowest BCUT2D eigenvalue weighted by molar-refractivity contribution is -0.123. The van der Waals surface area contributed by atoms with Gasteiger partial charge in [0.15, 0.2) is 0 Å². The number of amides is 3. The van der Waals surface area contributed by atoms with Crippen LogP contribution in [-0.2, 0) is 25.5 Å². The molecule has 1 unspecified atom stereocenters. The average molecular weight is 590 g/mol. The van der Waals surface area contributed by atoms with E-state index < -0.39 is 23.9 Å². The molecule has 4 aromatic rings. The largest absolute Gasteiger partial charge is 0.447 e. The van der Waals surface area contributed by atoms with E-state index in [1.54, 1.807) is 48.5 Å². The van der Waals surface area contributed by atoms with E-state index in [-0.39, 0.29) is 19.6 Å². The van der Waals surface area contributed by atoms with Crippen LogP contribution in [0.25, 0.3) is 11.8 Å². The number of nitrogens with zero attached hydrogens (tertiary/aromatic N) is 4. The molecule has 0 fully saturated rings. The number of halogens is 1. The zero-order chi connectivity index (χ0) is 29.7. The zero-order valence-electron chi connectivity index (χ0n) is 22.6. The van der Waals surface area contributed by atoms with Gasteiger partial charge in [-0.25, -0.2) is 4.79 Å². The summed E-state index contributed by atoms with van der Waals surface area (Å²) in [5.74, 6) is -0.905. The third kappa shape index (κ3) is 8.98. The zero-order valence-corrected chi connectivity index (χ0v) is 23.3. The number of benzene rings is 3. The molecule has 13 heteroatoms. The lowest BCUT2D eigenvalue weighted by Gasteiger charge is -2.18. The van der Waals surface area contributed by atoms with Gasteiger partial charge in [0.25, 0.3) is 0 Å². The van der Waals surface area contributed by atoms with E-state index in [1.165, 1.54) is 24.2 Å². The summed E-state index contributed by atoms with van der Waals surface area (Å²) in [6.07, 6.45) is 3.95. The van der Waals surface area contributed by atoms with E-state index in [1.807, 2.05) is 30.3 Å². The molecule has 0 radical (unpaired) electrons. The third-order valence-corrected chi connectivity index (χ3v) is 6.07. The SMILES string of the molecule is COCCOC(=O)Nc1ccc(NC(=O)C(Cc2ccccc2)NC(=O)/C=C/c2cc(Cl)ccc2-n2cnnn2)cc1. The quantitative estimate of drug-likeness (QED) is 0.166. The smallest absolute Gasteiger partial charge is 0.411 e. The summed E-state index contributed by atoms with van der Waals surface area (Å²) in [4.78, 5) is 38.1. The van der Waals surface area contributed by atoms with Gasteiger partial charge in [-0.2, -0.15) is 4.68 Å². The van der Waals surface area contributed by atoms with Gasteiger partial charge in [-0.1, -0.05) is 41.9 Å². The highest BCUT2D eigenvalue weighted by molar-refractivity contribution is 6.30. The third-order valence-electron chi connectivity index (χ3n) is 5.83. The number of ether oxygens (including phenoxy) is 2. The molecule has 42 heavy (non-hydrogen) atoms. The Morgan fingerprint density at radius 3 is 2.40 bits per heavy atom. The number of nitrogens with one attached hydrogen (secondary N) is 3. The Labute approximate surface area is 246 Å². The van der Waals surface area contributed by atoms with Gasteiger partial charge in [0.2, 0.25) is 11.8 Å². The van der Waals surface area contributed by atoms with Gasteiger partial charge in [0.05, 0.1) is 12.3 Å². The van der Waals surface area contributed by atoms with Gasteiger partial charge < -0.3 is 20.1 Å². The average Bonchev–Trinajstić information content (AvgIpc) is 3.52. The van der Waals surface area contributed by atoms with E-state index in [2.05, 4.69) is 31.5 Å². The van der Waals surface area contributed by atoms with Crippen LogP contribution in [0.2, 0.25) is 5.02 Å². The molecule has 3 aromatic carbocycles. The number of aromatic nitrogens is 4. The van der Waals surface area contributed by atoms with Crippen molar-refractivity contribution in [2.45, 2.75) is 12.5 Å². The summed E-state index contributed by atoms with van der Waals surface area (Å²) in [7, 11) is 1.51. The number of methoxy groups -OCH3 is 1. The predicted molar refractivity (Wildman–Crippen MR) is 157 cm³/mol. The van der Waals surface area contributed by atoms with Crippen molar-refractivity contribution in [2.75, 3.05) is 31.0 Å². The molecule has 12 nitrogen and oxygen atoms in total. The minimum atomic E-state index is -0.892. The maximum absolute atomic E-state index is 13.3. The molecule has 0 saturated carbocycles. The number of hydrogen-bond donors (Lipinski definition) is 3. The Hall–Kier alpha value is -5.07. The summed E-state index contributed by atoms with van der Waals surface area (Å²) in [6.45, 7) is 0.414. The summed E-state index contributed by atoms with van der Waals surface area (Å²) in [6, 6.07) is 20.0. The van der Waals surface area contributed by atoms with Crippen LogP contribution in [-0.4, -0.2) is 64.5 Å². The highest BCUT2D eigenvalue weighted by atomic mass is 35.5. The Morgan fingerprint density at radius 1 is 0.976 bits per heavy atom. The van der Waals surface area contributed by atoms with Crippen LogP contribution in [0.4, 0.5) is 16.2 Å². The van der Waals surface area contributed by atoms with Gasteiger partial charge >= 0.3 is 6.09 Å². The first-order valence-electron chi connectivity index (χ1n) is 12.8. The standard InChI is InChI=1S/C29H28ClN7O5/c1-41-15-16-42-29(40)33-24-11-9-23(10-12-24)32-28(39)25(17-20-5-3-2-4-6-20)34-27(38)14-7-21-18-22(30)8-13-26(21)37-19-31-35-36-37/h2-14,18-19,25H,15-17H2,1H3,(H,32,39)(H,33,40)(H,34,38)/b14-7+. The molecule has 0 aliphatic heterocycles. The number of rotatable bonds is 12. The summed E-state index contributed by atoms with van der Waals surface area (Å²) in [5.41, 5.74) is 3.05. The lowest BCUT2D eigenvalue weighted by Crippen LogP contribution is -2.44. The molecule has 1 heterocycles. The van der Waals surface area contributed by atoms with Gasteiger partial charge in [0, 0.05) is 41.6 Å². The fraction of sp³-hybridized carbons (Fsp3) is 0.172. The molecule has 3 N–H and O–H groups in total. The van der Waals surface area contributed by atoms with Crippen molar-refractivity contribution in [3.05, 3.63) is 101 Å². The molecule has 1 aromatic heterocycles. The summed E-state index contributed by atoms with van der Waals surface area (Å²) in [5, 5.41) is 19.8. The Kier molecular flexibility index (Phi) is 10.7. The topological polar surface area (TPSA) is 149 Å². The predicted octanol–water partition coefficient (Wildman–Crippen LogP) is 3.89. The molecule has 0 spiro atoms. The number of tetrazole rings is 1. The second-order valence-electron chi connectivity index (χ2n) is 8.86. The van der Waals surface area contributed by atoms with Gasteiger partial charge in [-0.3, -0.25) is 14.9 Å². The van der Waals surface area contributed by atoms with Crippen molar-refractivity contribution >= 4 is 47.0 Å². The van der Waals surface area contributed by atoms with Crippen LogP contribution < -0.4 is 16.0 Å².